The van der Waals surface area contributed by atoms with Crippen LogP contribution in [0.25, 0.3) is 53.9 Å². The predicted octanol–water partition coefficient (Wildman–Crippen LogP) is 15.6. The first kappa shape index (κ1) is 59.2. The molecule has 10 rings (SSSR count). The Bertz CT molecular complexity index is 3640. The summed E-state index contributed by atoms with van der Waals surface area (Å²) < 4.78 is 27.8. The molecule has 5 aromatic carbocycles. The number of pyridine rings is 4. The van der Waals surface area contributed by atoms with Gasteiger partial charge in [-0.3, -0.25) is 0 Å². The lowest BCUT2D eigenvalue weighted by Crippen LogP contribution is -2.13. The SMILES string of the molecule is CC(C)(C)c1cc(F)c2c(N)nccc2c1.CC(C)(C)c1cc2ccnc(N)c2cc1F.CC(C)(C)c1ccc2c(N)nccc2c1.CC(C)(C)c1ccc2c(N)nncc2c1.Cc1c(C(C)(C)C)ccc2c(N)nccc12. The first-order chi connectivity index (χ1) is 36.2. The molecule has 0 aliphatic carbocycles. The topological polar surface area (TPSA) is 207 Å². The third-order valence-corrected chi connectivity index (χ3v) is 13.7. The van der Waals surface area contributed by atoms with E-state index in [2.05, 4.69) is 163 Å². The van der Waals surface area contributed by atoms with Gasteiger partial charge >= 0.3 is 0 Å². The van der Waals surface area contributed by atoms with Crippen molar-refractivity contribution >= 4 is 83.0 Å². The molecule has 0 unspecified atom stereocenters. The van der Waals surface area contributed by atoms with Crippen molar-refractivity contribution in [2.75, 3.05) is 28.7 Å². The molecule has 0 atom stereocenters. The van der Waals surface area contributed by atoms with E-state index in [4.69, 9.17) is 28.7 Å². The second-order valence-electron chi connectivity index (χ2n) is 24.9. The van der Waals surface area contributed by atoms with Crippen LogP contribution in [0.2, 0.25) is 0 Å². The number of rotatable bonds is 0. The van der Waals surface area contributed by atoms with E-state index in [9.17, 15) is 8.78 Å². The van der Waals surface area contributed by atoms with Crippen LogP contribution in [0.3, 0.4) is 0 Å². The first-order valence-corrected chi connectivity index (χ1v) is 26.2. The van der Waals surface area contributed by atoms with Gasteiger partial charge in [0.15, 0.2) is 5.82 Å². The summed E-state index contributed by atoms with van der Waals surface area (Å²) in [5, 5.41) is 17.0. The van der Waals surface area contributed by atoms with Crippen molar-refractivity contribution in [1.29, 1.82) is 0 Å². The summed E-state index contributed by atoms with van der Waals surface area (Å²) in [5.41, 5.74) is 35.9. The van der Waals surface area contributed by atoms with E-state index in [1.807, 2.05) is 57.2 Å². The van der Waals surface area contributed by atoms with Gasteiger partial charge in [-0.1, -0.05) is 152 Å². The van der Waals surface area contributed by atoms with Crippen LogP contribution in [0, 0.1) is 18.6 Å². The molecule has 5 heterocycles. The zero-order valence-electron chi connectivity index (χ0n) is 48.5. The first-order valence-electron chi connectivity index (χ1n) is 26.2. The number of nitrogens with zero attached hydrogens (tertiary/aromatic N) is 6. The van der Waals surface area contributed by atoms with E-state index < -0.39 is 0 Å². The van der Waals surface area contributed by atoms with Gasteiger partial charge in [0, 0.05) is 51.7 Å². The molecule has 0 radical (unpaired) electrons. The normalized spacial score (nSPS) is 12.0. The van der Waals surface area contributed by atoms with Gasteiger partial charge in [0.05, 0.1) is 11.6 Å². The molecule has 10 N–H and O–H groups in total. The molecule has 0 aliphatic heterocycles. The molecule has 0 amide bonds. The highest BCUT2D eigenvalue weighted by Gasteiger charge is 2.22. The smallest absolute Gasteiger partial charge is 0.153 e. The van der Waals surface area contributed by atoms with Gasteiger partial charge in [-0.25, -0.2) is 28.7 Å². The third-order valence-electron chi connectivity index (χ3n) is 13.7. The summed E-state index contributed by atoms with van der Waals surface area (Å²) in [5.74, 6) is 1.81. The molecular weight excluding hydrogens is 973 g/mol. The number of nitrogen functional groups attached to an aromatic ring is 5. The second-order valence-corrected chi connectivity index (χ2v) is 24.9. The number of hydrogen-bond donors (Lipinski definition) is 5. The zero-order chi connectivity index (χ0) is 57.9. The molecule has 0 saturated carbocycles. The Labute approximate surface area is 459 Å². The maximum Gasteiger partial charge on any atom is 0.153 e. The Morgan fingerprint density at radius 3 is 1.32 bits per heavy atom. The Morgan fingerprint density at radius 1 is 0.346 bits per heavy atom. The lowest BCUT2D eigenvalue weighted by Gasteiger charge is -2.22. The van der Waals surface area contributed by atoms with Gasteiger partial charge in [-0.05, 0) is 137 Å². The molecule has 0 aliphatic rings. The maximum absolute atomic E-state index is 13.9. The van der Waals surface area contributed by atoms with Crippen molar-refractivity contribution in [3.05, 3.63) is 173 Å². The van der Waals surface area contributed by atoms with E-state index in [-0.39, 0.29) is 44.5 Å². The van der Waals surface area contributed by atoms with Gasteiger partial charge in [0.2, 0.25) is 0 Å². The molecule has 78 heavy (non-hydrogen) atoms. The van der Waals surface area contributed by atoms with E-state index in [0.717, 1.165) is 43.3 Å². The molecule has 10 aromatic rings. The molecular formula is C65H79F2N11. The molecule has 0 bridgehead atoms. The van der Waals surface area contributed by atoms with Crippen LogP contribution in [0.4, 0.5) is 37.9 Å². The quantitative estimate of drug-likeness (QED) is 0.0965. The number of halogens is 2. The average Bonchev–Trinajstić information content (AvgIpc) is 3.41. The largest absolute Gasteiger partial charge is 0.383 e. The van der Waals surface area contributed by atoms with E-state index in [1.54, 1.807) is 43.1 Å². The fraction of sp³-hybridized carbons (Fsp3) is 0.323. The van der Waals surface area contributed by atoms with E-state index >= 15 is 0 Å². The molecule has 408 valence electrons. The van der Waals surface area contributed by atoms with Crippen LogP contribution in [0.5, 0.6) is 0 Å². The number of hydrogen-bond acceptors (Lipinski definition) is 11. The van der Waals surface area contributed by atoms with E-state index in [1.165, 1.54) is 33.7 Å². The van der Waals surface area contributed by atoms with Gasteiger partial charge in [0.1, 0.15) is 34.9 Å². The summed E-state index contributed by atoms with van der Waals surface area (Å²) in [4.78, 5) is 16.0. The average molecular weight is 1050 g/mol. The molecule has 0 fully saturated rings. The van der Waals surface area contributed by atoms with Crippen molar-refractivity contribution in [2.45, 2.75) is 138 Å². The van der Waals surface area contributed by atoms with Crippen LogP contribution in [-0.2, 0) is 27.1 Å². The van der Waals surface area contributed by atoms with Crippen molar-refractivity contribution < 1.29 is 8.78 Å². The van der Waals surface area contributed by atoms with Crippen LogP contribution >= 0.6 is 0 Å². The number of aromatic nitrogens is 6. The lowest BCUT2D eigenvalue weighted by molar-refractivity contribution is 0.524. The minimum absolute atomic E-state index is 0.0763. The molecule has 5 aromatic heterocycles. The van der Waals surface area contributed by atoms with Crippen LogP contribution in [-0.4, -0.2) is 30.1 Å². The second kappa shape index (κ2) is 22.9. The fourth-order valence-electron chi connectivity index (χ4n) is 9.00. The highest BCUT2D eigenvalue weighted by atomic mass is 19.1. The van der Waals surface area contributed by atoms with Crippen LogP contribution < -0.4 is 28.7 Å². The van der Waals surface area contributed by atoms with Gasteiger partial charge in [-0.2, -0.15) is 5.10 Å². The fourth-order valence-corrected chi connectivity index (χ4v) is 9.00. The lowest BCUT2D eigenvalue weighted by atomic mass is 9.82. The minimum Gasteiger partial charge on any atom is -0.383 e. The molecule has 13 heteroatoms. The number of anilines is 5. The molecule has 11 nitrogen and oxygen atoms in total. The summed E-state index contributed by atoms with van der Waals surface area (Å²) in [6.45, 7) is 34.1. The third kappa shape index (κ3) is 14.1. The van der Waals surface area contributed by atoms with Gasteiger partial charge in [0.25, 0.3) is 0 Å². The monoisotopic (exact) mass is 1050 g/mol. The summed E-state index contributed by atoms with van der Waals surface area (Å²) in [6, 6.07) is 31.3. The van der Waals surface area contributed by atoms with Gasteiger partial charge in [-0.15, -0.1) is 5.10 Å². The Balaban J connectivity index is 0.000000158. The number of aryl methyl sites for hydroxylation is 1. The standard InChI is InChI=1S/C14H18N2.2C13H15FN2.C13H16N2.C12H15N3/c1-9-10-7-8-16-13(15)11(10)5-6-12(9)14(2,3)4;1-13(2,3)10-6-8-4-5-16-12(15)9(8)7-11(10)14;1-13(2,3)9-6-8-4-5-16-12(15)11(8)10(14)7-9;1-13(2,3)10-4-5-11-9(8-10)6-7-15-12(11)14;1-12(2,3)9-4-5-10-8(6-9)7-14-15-11(10)13/h5-8H,1-4H3,(H2,15,16);2*4-7H,1-3H3,(H2,15,16);4-8H,1-3H3,(H2,14,15);4-7H,1-3H3,(H2,13,15). The van der Waals surface area contributed by atoms with E-state index in [0.29, 0.717) is 39.6 Å². The highest BCUT2D eigenvalue weighted by molar-refractivity contribution is 5.95. The maximum atomic E-state index is 13.9. The van der Waals surface area contributed by atoms with Crippen molar-refractivity contribution in [3.8, 4) is 0 Å². The van der Waals surface area contributed by atoms with Crippen molar-refractivity contribution in [2.24, 2.45) is 0 Å². The summed E-state index contributed by atoms with van der Waals surface area (Å²) in [6.07, 6.45) is 8.52. The van der Waals surface area contributed by atoms with Crippen molar-refractivity contribution in [3.63, 3.8) is 0 Å². The Hall–Kier alpha value is -8.06. The number of benzene rings is 5. The number of fused-ring (bicyclic) bond motifs is 5. The Kier molecular flexibility index (Phi) is 17.4. The van der Waals surface area contributed by atoms with Crippen LogP contribution in [0.15, 0.2) is 128 Å². The summed E-state index contributed by atoms with van der Waals surface area (Å²) in [7, 11) is 0. The zero-order valence-corrected chi connectivity index (χ0v) is 48.5. The summed E-state index contributed by atoms with van der Waals surface area (Å²) >= 11 is 0. The molecule has 0 spiro atoms. The van der Waals surface area contributed by atoms with Crippen molar-refractivity contribution in [1.82, 2.24) is 30.1 Å². The Morgan fingerprint density at radius 2 is 0.782 bits per heavy atom. The molecule has 0 saturated heterocycles. The predicted molar refractivity (Wildman–Crippen MR) is 327 cm³/mol. The van der Waals surface area contributed by atoms with Gasteiger partial charge < -0.3 is 28.7 Å². The number of nitrogens with two attached hydrogens (primary N) is 5. The van der Waals surface area contributed by atoms with Crippen LogP contribution in [0.1, 0.15) is 137 Å². The minimum atomic E-state index is -0.298. The highest BCUT2D eigenvalue weighted by Crippen LogP contribution is 2.35.